The number of carbonyl (C=O) groups is 1. The van der Waals surface area contributed by atoms with Crippen molar-refractivity contribution in [2.45, 2.75) is 52.9 Å². The number of unbranched alkanes of at least 4 members (excludes halogenated alkanes) is 2. The van der Waals surface area contributed by atoms with Crippen molar-refractivity contribution < 1.29 is 13.9 Å². The van der Waals surface area contributed by atoms with Crippen molar-refractivity contribution in [1.82, 2.24) is 10.3 Å². The van der Waals surface area contributed by atoms with E-state index in [0.717, 1.165) is 36.1 Å². The normalized spacial score (nSPS) is 10.6. The van der Waals surface area contributed by atoms with Crippen LogP contribution in [0.5, 0.6) is 5.75 Å². The molecule has 5 nitrogen and oxygen atoms in total. The lowest BCUT2D eigenvalue weighted by molar-refractivity contribution is 0.0977. The molecule has 1 amide bonds. The minimum atomic E-state index is -0.491. The van der Waals surface area contributed by atoms with Crippen molar-refractivity contribution in [3.8, 4) is 5.75 Å². The van der Waals surface area contributed by atoms with Gasteiger partial charge in [-0.2, -0.15) is 0 Å². The van der Waals surface area contributed by atoms with Gasteiger partial charge in [0.05, 0.1) is 17.9 Å². The van der Waals surface area contributed by atoms with Crippen LogP contribution in [0.4, 0.5) is 10.1 Å². The second kappa shape index (κ2) is 11.6. The highest BCUT2D eigenvalue weighted by atomic mass is 32.1. The molecule has 0 saturated carbocycles. The summed E-state index contributed by atoms with van der Waals surface area (Å²) in [5, 5.41) is 5.48. The second-order valence-corrected chi connectivity index (χ2v) is 8.11. The fraction of sp³-hybridized carbons (Fsp3) is 0.375. The molecule has 0 aliphatic heterocycles. The summed E-state index contributed by atoms with van der Waals surface area (Å²) in [6.45, 7) is 12.5. The number of anilines is 1. The fourth-order valence-corrected chi connectivity index (χ4v) is 3.18. The molecule has 1 heterocycles. The lowest BCUT2D eigenvalue weighted by atomic mass is 9.98. The molecule has 0 aliphatic rings. The van der Waals surface area contributed by atoms with E-state index in [4.69, 9.17) is 17.0 Å². The zero-order chi connectivity index (χ0) is 23.0. The maximum absolute atomic E-state index is 14.2. The van der Waals surface area contributed by atoms with Crippen LogP contribution in [0.15, 0.2) is 37.0 Å². The van der Waals surface area contributed by atoms with E-state index in [-0.39, 0.29) is 16.8 Å². The van der Waals surface area contributed by atoms with Crippen molar-refractivity contribution in [3.05, 3.63) is 59.7 Å². The molecular formula is C24H30FN3O2S. The molecule has 0 radical (unpaired) electrons. The minimum Gasteiger partial charge on any atom is -0.491 e. The van der Waals surface area contributed by atoms with Crippen LogP contribution >= 0.6 is 12.2 Å². The van der Waals surface area contributed by atoms with Crippen molar-refractivity contribution in [3.63, 3.8) is 0 Å². The largest absolute Gasteiger partial charge is 0.491 e. The molecule has 7 heteroatoms. The summed E-state index contributed by atoms with van der Waals surface area (Å²) in [6.07, 6.45) is 4.51. The van der Waals surface area contributed by atoms with Crippen LogP contribution in [-0.2, 0) is 0 Å². The first-order valence-corrected chi connectivity index (χ1v) is 10.8. The number of halogens is 1. The Labute approximate surface area is 189 Å². The number of hydrogen-bond donors (Lipinski definition) is 2. The van der Waals surface area contributed by atoms with Crippen LogP contribution in [0.3, 0.4) is 0 Å². The molecule has 0 saturated heterocycles. The van der Waals surface area contributed by atoms with Crippen molar-refractivity contribution in [2.24, 2.45) is 0 Å². The summed E-state index contributed by atoms with van der Waals surface area (Å²) in [6, 6.07) is 6.23. The molecule has 1 aromatic carbocycles. The number of allylic oxidation sites excluding steroid dienone is 1. The monoisotopic (exact) mass is 443 g/mol. The van der Waals surface area contributed by atoms with Crippen molar-refractivity contribution in [2.75, 3.05) is 11.9 Å². The Kier molecular flexibility index (Phi) is 9.12. The number of rotatable bonds is 9. The highest BCUT2D eigenvalue weighted by molar-refractivity contribution is 7.80. The number of amides is 1. The van der Waals surface area contributed by atoms with E-state index in [9.17, 15) is 9.18 Å². The number of benzene rings is 1. The van der Waals surface area contributed by atoms with Gasteiger partial charge >= 0.3 is 0 Å². The van der Waals surface area contributed by atoms with E-state index in [1.807, 2.05) is 20.8 Å². The number of nitrogens with one attached hydrogen (secondary N) is 2. The van der Waals surface area contributed by atoms with Crippen LogP contribution in [0, 0.1) is 5.82 Å². The molecular weight excluding hydrogens is 413 g/mol. The number of pyridine rings is 1. The third-order valence-electron chi connectivity index (χ3n) is 4.61. The van der Waals surface area contributed by atoms with Gasteiger partial charge in [0.25, 0.3) is 5.91 Å². The summed E-state index contributed by atoms with van der Waals surface area (Å²) in [5.74, 6) is -0.491. The molecule has 2 rings (SSSR count). The Morgan fingerprint density at radius 1 is 1.29 bits per heavy atom. The Morgan fingerprint density at radius 3 is 2.65 bits per heavy atom. The molecule has 0 atom stereocenters. The Bertz CT molecular complexity index is 960. The van der Waals surface area contributed by atoms with Crippen LogP contribution in [0.2, 0.25) is 0 Å². The molecule has 31 heavy (non-hydrogen) atoms. The van der Waals surface area contributed by atoms with Gasteiger partial charge in [-0.15, -0.1) is 0 Å². The minimum absolute atomic E-state index is 0.0609. The van der Waals surface area contributed by atoms with Gasteiger partial charge in [-0.25, -0.2) is 4.39 Å². The van der Waals surface area contributed by atoms with E-state index in [2.05, 4.69) is 29.1 Å². The first kappa shape index (κ1) is 24.5. The lowest BCUT2D eigenvalue weighted by Crippen LogP contribution is -2.34. The van der Waals surface area contributed by atoms with Crippen molar-refractivity contribution in [1.29, 1.82) is 0 Å². The average Bonchev–Trinajstić information content (AvgIpc) is 2.71. The lowest BCUT2D eigenvalue weighted by Gasteiger charge is -2.14. The van der Waals surface area contributed by atoms with Crippen LogP contribution in [-0.4, -0.2) is 22.6 Å². The zero-order valence-electron chi connectivity index (χ0n) is 18.5. The molecule has 2 N–H and O–H groups in total. The summed E-state index contributed by atoms with van der Waals surface area (Å²) in [4.78, 5) is 17.0. The third kappa shape index (κ3) is 7.14. The van der Waals surface area contributed by atoms with Gasteiger partial charge in [0.1, 0.15) is 0 Å². The predicted molar refractivity (Wildman–Crippen MR) is 128 cm³/mol. The molecule has 0 bridgehead atoms. The van der Waals surface area contributed by atoms with Gasteiger partial charge < -0.3 is 10.1 Å². The number of nitrogens with zero attached hydrogens (tertiary/aromatic N) is 1. The quantitative estimate of drug-likeness (QED) is 0.364. The molecule has 2 aromatic rings. The second-order valence-electron chi connectivity index (χ2n) is 7.70. The summed E-state index contributed by atoms with van der Waals surface area (Å²) in [7, 11) is 0. The SMILES string of the molecule is C=C(C)c1cc(C(=O)NC(=S)Nc2ccc(OCCCCC)c(F)c2)cnc1C(C)C. The Morgan fingerprint density at radius 2 is 2.03 bits per heavy atom. The predicted octanol–water partition coefficient (Wildman–Crippen LogP) is 6.07. The summed E-state index contributed by atoms with van der Waals surface area (Å²) >= 11 is 5.20. The molecule has 1 aromatic heterocycles. The number of thiocarbonyl (C=S) groups is 1. The zero-order valence-corrected chi connectivity index (χ0v) is 19.4. The number of aromatic nitrogens is 1. The maximum Gasteiger partial charge on any atom is 0.258 e. The van der Waals surface area contributed by atoms with E-state index >= 15 is 0 Å². The molecule has 0 unspecified atom stereocenters. The smallest absolute Gasteiger partial charge is 0.258 e. The van der Waals surface area contributed by atoms with Crippen molar-refractivity contribution >= 4 is 34.5 Å². The molecule has 0 fully saturated rings. The van der Waals surface area contributed by atoms with Gasteiger partial charge in [-0.05, 0) is 60.8 Å². The third-order valence-corrected chi connectivity index (χ3v) is 4.81. The Hall–Kier alpha value is -2.80. The van der Waals surface area contributed by atoms with Gasteiger partial charge in [-0.3, -0.25) is 15.1 Å². The maximum atomic E-state index is 14.2. The average molecular weight is 444 g/mol. The van der Waals surface area contributed by atoms with Crippen LogP contribution in [0.1, 0.15) is 74.5 Å². The number of ether oxygens (including phenoxy) is 1. The first-order chi connectivity index (χ1) is 14.7. The number of carbonyl (C=O) groups excluding carboxylic acids is 1. The van der Waals surface area contributed by atoms with E-state index < -0.39 is 11.7 Å². The summed E-state index contributed by atoms with van der Waals surface area (Å²) in [5.41, 5.74) is 3.35. The van der Waals surface area contributed by atoms with Gasteiger partial charge in [0.15, 0.2) is 16.7 Å². The van der Waals surface area contributed by atoms with Gasteiger partial charge in [0.2, 0.25) is 0 Å². The molecule has 166 valence electrons. The molecule has 0 aliphatic carbocycles. The number of hydrogen-bond acceptors (Lipinski definition) is 4. The standard InChI is InChI=1S/C24H30FN3O2S/c1-6-7-8-11-30-21-10-9-18(13-20(21)25)27-24(31)28-23(29)17-12-19(15(2)3)22(16(4)5)26-14-17/h9-10,12-14,16H,2,6-8,11H2,1,3-5H3,(H2,27,28,29,31). The Balaban J connectivity index is 2.01. The van der Waals surface area contributed by atoms with Crippen LogP contribution < -0.4 is 15.4 Å². The molecule has 0 spiro atoms. The van der Waals surface area contributed by atoms with Crippen LogP contribution in [0.25, 0.3) is 5.57 Å². The first-order valence-electron chi connectivity index (χ1n) is 10.4. The van der Waals surface area contributed by atoms with Gasteiger partial charge in [-0.1, -0.05) is 40.2 Å². The van der Waals surface area contributed by atoms with E-state index in [0.29, 0.717) is 17.9 Å². The topological polar surface area (TPSA) is 63.2 Å². The van der Waals surface area contributed by atoms with E-state index in [1.54, 1.807) is 18.2 Å². The fourth-order valence-electron chi connectivity index (χ4n) is 2.97. The highest BCUT2D eigenvalue weighted by Gasteiger charge is 2.15. The highest BCUT2D eigenvalue weighted by Crippen LogP contribution is 2.24. The van der Waals surface area contributed by atoms with Gasteiger partial charge in [0, 0.05) is 18.0 Å². The van der Waals surface area contributed by atoms with E-state index in [1.165, 1.54) is 12.3 Å². The summed E-state index contributed by atoms with van der Waals surface area (Å²) < 4.78 is 19.7.